The molecule has 2 aliphatic heterocycles. The smallest absolute Gasteiger partial charge is 0.256 e. The van der Waals surface area contributed by atoms with Crippen molar-refractivity contribution in [1.82, 2.24) is 0 Å². The SMILES string of the molecule is Cc1cccc(N2C(=O)C[C@@H](Nc3ccc4c(c3)OCO4)C2=O)c1. The number of ether oxygens (including phenoxy) is 2. The average molecular weight is 324 g/mol. The van der Waals surface area contributed by atoms with E-state index in [1.807, 2.05) is 25.1 Å². The third kappa shape index (κ3) is 2.46. The first kappa shape index (κ1) is 14.6. The molecule has 2 heterocycles. The summed E-state index contributed by atoms with van der Waals surface area (Å²) in [6.07, 6.45) is 0.126. The fourth-order valence-corrected chi connectivity index (χ4v) is 2.97. The molecule has 6 nitrogen and oxygen atoms in total. The molecule has 1 N–H and O–H groups in total. The Morgan fingerprint density at radius 2 is 1.92 bits per heavy atom. The number of benzene rings is 2. The number of carbonyl (C=O) groups is 2. The van der Waals surface area contributed by atoms with E-state index >= 15 is 0 Å². The summed E-state index contributed by atoms with van der Waals surface area (Å²) >= 11 is 0. The van der Waals surface area contributed by atoms with Gasteiger partial charge in [-0.05, 0) is 36.8 Å². The van der Waals surface area contributed by atoms with Crippen LogP contribution in [0.15, 0.2) is 42.5 Å². The van der Waals surface area contributed by atoms with Gasteiger partial charge in [0.05, 0.1) is 12.1 Å². The fourth-order valence-electron chi connectivity index (χ4n) is 2.97. The monoisotopic (exact) mass is 324 g/mol. The highest BCUT2D eigenvalue weighted by molar-refractivity contribution is 6.23. The van der Waals surface area contributed by atoms with E-state index in [1.54, 1.807) is 24.3 Å². The molecule has 0 aromatic heterocycles. The van der Waals surface area contributed by atoms with Crippen LogP contribution >= 0.6 is 0 Å². The molecule has 0 aliphatic carbocycles. The summed E-state index contributed by atoms with van der Waals surface area (Å²) in [5.74, 6) is 0.857. The zero-order valence-corrected chi connectivity index (χ0v) is 13.1. The topological polar surface area (TPSA) is 67.9 Å². The van der Waals surface area contributed by atoms with Crippen LogP contribution in [-0.2, 0) is 9.59 Å². The second-order valence-corrected chi connectivity index (χ2v) is 5.88. The van der Waals surface area contributed by atoms with E-state index in [9.17, 15) is 9.59 Å². The van der Waals surface area contributed by atoms with Gasteiger partial charge >= 0.3 is 0 Å². The van der Waals surface area contributed by atoms with E-state index in [0.29, 0.717) is 17.2 Å². The molecule has 0 radical (unpaired) electrons. The molecule has 0 unspecified atom stereocenters. The second kappa shape index (κ2) is 5.56. The van der Waals surface area contributed by atoms with Crippen molar-refractivity contribution in [3.8, 4) is 11.5 Å². The van der Waals surface area contributed by atoms with Gasteiger partial charge < -0.3 is 14.8 Å². The van der Waals surface area contributed by atoms with Gasteiger partial charge in [-0.15, -0.1) is 0 Å². The molecule has 0 spiro atoms. The highest BCUT2D eigenvalue weighted by Gasteiger charge is 2.39. The van der Waals surface area contributed by atoms with Crippen LogP contribution in [0.4, 0.5) is 11.4 Å². The van der Waals surface area contributed by atoms with Crippen LogP contribution in [0.1, 0.15) is 12.0 Å². The lowest BCUT2D eigenvalue weighted by Crippen LogP contribution is -2.34. The number of carbonyl (C=O) groups excluding carboxylic acids is 2. The Balaban J connectivity index is 1.55. The summed E-state index contributed by atoms with van der Waals surface area (Å²) in [6.45, 7) is 2.12. The summed E-state index contributed by atoms with van der Waals surface area (Å²) in [4.78, 5) is 26.2. The van der Waals surface area contributed by atoms with E-state index in [-0.39, 0.29) is 25.0 Å². The first-order valence-electron chi connectivity index (χ1n) is 7.71. The number of nitrogens with one attached hydrogen (secondary N) is 1. The van der Waals surface area contributed by atoms with Crippen molar-refractivity contribution in [2.75, 3.05) is 17.0 Å². The number of fused-ring (bicyclic) bond motifs is 1. The largest absolute Gasteiger partial charge is 0.454 e. The molecule has 2 aliphatic rings. The van der Waals surface area contributed by atoms with Crippen molar-refractivity contribution < 1.29 is 19.1 Å². The van der Waals surface area contributed by atoms with E-state index < -0.39 is 6.04 Å². The lowest BCUT2D eigenvalue weighted by atomic mass is 10.2. The number of hydrogen-bond acceptors (Lipinski definition) is 5. The summed E-state index contributed by atoms with van der Waals surface area (Å²) < 4.78 is 10.6. The molecule has 1 atom stereocenters. The van der Waals surface area contributed by atoms with Gasteiger partial charge in [-0.25, -0.2) is 4.90 Å². The maximum absolute atomic E-state index is 12.7. The Kier molecular flexibility index (Phi) is 3.37. The van der Waals surface area contributed by atoms with E-state index in [0.717, 1.165) is 11.3 Å². The van der Waals surface area contributed by atoms with Crippen molar-refractivity contribution in [3.05, 3.63) is 48.0 Å². The normalized spacial score (nSPS) is 19.0. The van der Waals surface area contributed by atoms with Crippen molar-refractivity contribution in [3.63, 3.8) is 0 Å². The molecule has 2 aromatic rings. The third-order valence-corrected chi connectivity index (χ3v) is 4.12. The highest BCUT2D eigenvalue weighted by atomic mass is 16.7. The zero-order chi connectivity index (χ0) is 16.7. The molecule has 1 saturated heterocycles. The van der Waals surface area contributed by atoms with E-state index in [1.165, 1.54) is 4.90 Å². The van der Waals surface area contributed by atoms with Crippen LogP contribution in [0.2, 0.25) is 0 Å². The number of amides is 2. The maximum atomic E-state index is 12.7. The average Bonchev–Trinajstić information content (AvgIpc) is 3.12. The third-order valence-electron chi connectivity index (χ3n) is 4.12. The predicted octanol–water partition coefficient (Wildman–Crippen LogP) is 2.47. The Hall–Kier alpha value is -3.02. The van der Waals surface area contributed by atoms with Gasteiger partial charge in [-0.3, -0.25) is 9.59 Å². The quantitative estimate of drug-likeness (QED) is 0.879. The molecule has 122 valence electrons. The van der Waals surface area contributed by atoms with Gasteiger partial charge in [-0.2, -0.15) is 0 Å². The predicted molar refractivity (Wildman–Crippen MR) is 88.3 cm³/mol. The van der Waals surface area contributed by atoms with Crippen LogP contribution in [0.25, 0.3) is 0 Å². The summed E-state index contributed by atoms with van der Waals surface area (Å²) in [5.41, 5.74) is 2.33. The number of aryl methyl sites for hydroxylation is 1. The summed E-state index contributed by atoms with van der Waals surface area (Å²) in [7, 11) is 0. The Labute approximate surface area is 139 Å². The van der Waals surface area contributed by atoms with Crippen LogP contribution in [0.3, 0.4) is 0 Å². The summed E-state index contributed by atoms with van der Waals surface area (Å²) in [6, 6.07) is 12.1. The van der Waals surface area contributed by atoms with Crippen molar-refractivity contribution >= 4 is 23.2 Å². The minimum absolute atomic E-state index is 0.126. The van der Waals surface area contributed by atoms with Crippen LogP contribution in [0, 0.1) is 6.92 Å². The molecular weight excluding hydrogens is 308 g/mol. The molecule has 0 bridgehead atoms. The fraction of sp³-hybridized carbons (Fsp3) is 0.222. The number of hydrogen-bond donors (Lipinski definition) is 1. The first-order valence-corrected chi connectivity index (χ1v) is 7.71. The van der Waals surface area contributed by atoms with Gasteiger partial charge in [0, 0.05) is 11.8 Å². The molecule has 6 heteroatoms. The number of nitrogens with zero attached hydrogens (tertiary/aromatic N) is 1. The molecule has 24 heavy (non-hydrogen) atoms. The molecule has 0 saturated carbocycles. The molecule has 2 aromatic carbocycles. The van der Waals surface area contributed by atoms with Gasteiger partial charge in [0.25, 0.3) is 5.91 Å². The lowest BCUT2D eigenvalue weighted by Gasteiger charge is -2.16. The second-order valence-electron chi connectivity index (χ2n) is 5.88. The molecular formula is C18H16N2O4. The number of anilines is 2. The van der Waals surface area contributed by atoms with Crippen molar-refractivity contribution in [1.29, 1.82) is 0 Å². The van der Waals surface area contributed by atoms with Gasteiger partial charge in [-0.1, -0.05) is 12.1 Å². The summed E-state index contributed by atoms with van der Waals surface area (Å²) in [5, 5.41) is 3.12. The molecule has 1 fully saturated rings. The lowest BCUT2D eigenvalue weighted by molar-refractivity contribution is -0.121. The van der Waals surface area contributed by atoms with Gasteiger partial charge in [0.15, 0.2) is 11.5 Å². The molecule has 2 amide bonds. The van der Waals surface area contributed by atoms with E-state index in [2.05, 4.69) is 5.32 Å². The first-order chi connectivity index (χ1) is 11.6. The van der Waals surface area contributed by atoms with E-state index in [4.69, 9.17) is 9.47 Å². The Morgan fingerprint density at radius 1 is 1.08 bits per heavy atom. The number of imide groups is 1. The molecule has 4 rings (SSSR count). The van der Waals surface area contributed by atoms with Crippen LogP contribution in [-0.4, -0.2) is 24.6 Å². The van der Waals surface area contributed by atoms with Crippen molar-refractivity contribution in [2.45, 2.75) is 19.4 Å². The minimum atomic E-state index is -0.585. The number of rotatable bonds is 3. The van der Waals surface area contributed by atoms with Gasteiger partial charge in [0.2, 0.25) is 12.7 Å². The highest BCUT2D eigenvalue weighted by Crippen LogP contribution is 2.35. The maximum Gasteiger partial charge on any atom is 0.256 e. The standard InChI is InChI=1S/C18H16N2O4/c1-11-3-2-4-13(7-11)20-17(21)9-14(18(20)22)19-12-5-6-15-16(8-12)24-10-23-15/h2-8,14,19H,9-10H2,1H3/t14-/m1/s1. The van der Waals surface area contributed by atoms with Crippen LogP contribution < -0.4 is 19.7 Å². The van der Waals surface area contributed by atoms with Crippen molar-refractivity contribution in [2.24, 2.45) is 0 Å². The Morgan fingerprint density at radius 3 is 2.75 bits per heavy atom. The Bertz CT molecular complexity index is 834. The zero-order valence-electron chi connectivity index (χ0n) is 13.1. The van der Waals surface area contributed by atoms with Gasteiger partial charge in [0.1, 0.15) is 6.04 Å². The minimum Gasteiger partial charge on any atom is -0.454 e. The van der Waals surface area contributed by atoms with Crippen LogP contribution in [0.5, 0.6) is 11.5 Å².